The molecule has 1 N–H and O–H groups in total. The molecule has 0 fully saturated rings. The summed E-state index contributed by atoms with van der Waals surface area (Å²) in [5.74, 6) is -0.599. The minimum absolute atomic E-state index is 0.146. The number of hydrogen-bond donors (Lipinski definition) is 1. The van der Waals surface area contributed by atoms with Gasteiger partial charge in [0.05, 0.1) is 0 Å². The van der Waals surface area contributed by atoms with Crippen molar-refractivity contribution >= 4 is 11.7 Å². The van der Waals surface area contributed by atoms with Crippen molar-refractivity contribution in [1.29, 1.82) is 5.26 Å². The Labute approximate surface area is 124 Å². The number of carbonyl (C=O) groups excluding carboxylic acids is 1. The number of hydrogen-bond acceptors (Lipinski definition) is 4. The molecule has 21 heavy (non-hydrogen) atoms. The predicted octanol–water partition coefficient (Wildman–Crippen LogP) is 3.12. The molecule has 2 rings (SSSR count). The van der Waals surface area contributed by atoms with Gasteiger partial charge in [0.2, 0.25) is 5.54 Å². The summed E-state index contributed by atoms with van der Waals surface area (Å²) in [4.78, 5) is 12.2. The van der Waals surface area contributed by atoms with Gasteiger partial charge in [-0.15, -0.1) is 0 Å². The average Bonchev–Trinajstić information content (AvgIpc) is 2.54. The van der Waals surface area contributed by atoms with Crippen LogP contribution >= 0.6 is 0 Å². The van der Waals surface area contributed by atoms with Crippen LogP contribution in [0.5, 0.6) is 0 Å². The fourth-order valence-corrected chi connectivity index (χ4v) is 1.80. The molecular formula is C17H16N2O2. The largest absolute Gasteiger partial charge is 0.458 e. The van der Waals surface area contributed by atoms with Gasteiger partial charge in [-0.05, 0) is 24.6 Å². The number of anilines is 1. The number of esters is 1. The lowest BCUT2D eigenvalue weighted by atomic mass is 10.0. The Morgan fingerprint density at radius 2 is 1.71 bits per heavy atom. The van der Waals surface area contributed by atoms with E-state index in [1.54, 1.807) is 12.1 Å². The van der Waals surface area contributed by atoms with Crippen LogP contribution < -0.4 is 5.32 Å². The van der Waals surface area contributed by atoms with E-state index >= 15 is 0 Å². The first-order valence-electron chi connectivity index (χ1n) is 6.60. The van der Waals surface area contributed by atoms with Crippen LogP contribution in [-0.2, 0) is 16.1 Å². The first kappa shape index (κ1) is 14.6. The Kier molecular flexibility index (Phi) is 4.57. The summed E-state index contributed by atoms with van der Waals surface area (Å²) in [6.45, 7) is 1.65. The molecule has 0 radical (unpaired) electrons. The molecule has 2 aromatic carbocycles. The highest BCUT2D eigenvalue weighted by atomic mass is 16.5. The molecule has 4 nitrogen and oxygen atoms in total. The Hall–Kier alpha value is -2.80. The number of para-hydroxylation sites is 1. The van der Waals surface area contributed by atoms with Crippen molar-refractivity contribution in [2.75, 3.05) is 5.32 Å². The third kappa shape index (κ3) is 3.83. The molecule has 1 atom stereocenters. The van der Waals surface area contributed by atoms with E-state index in [2.05, 4.69) is 5.32 Å². The van der Waals surface area contributed by atoms with Crippen LogP contribution in [0.3, 0.4) is 0 Å². The Morgan fingerprint density at radius 3 is 2.29 bits per heavy atom. The Morgan fingerprint density at radius 1 is 1.14 bits per heavy atom. The summed E-state index contributed by atoms with van der Waals surface area (Å²) in [5.41, 5.74) is 0.153. The van der Waals surface area contributed by atoms with Crippen LogP contribution in [0.1, 0.15) is 12.5 Å². The molecule has 4 heteroatoms. The molecular weight excluding hydrogens is 264 g/mol. The van der Waals surface area contributed by atoms with Crippen molar-refractivity contribution in [2.24, 2.45) is 0 Å². The zero-order valence-electron chi connectivity index (χ0n) is 11.7. The standard InChI is InChI=1S/C17H16N2O2/c1-17(13-18,19-15-10-6-3-7-11-15)16(20)21-12-14-8-4-2-5-9-14/h2-11,19H,12H2,1H3/t17-/m1/s1. The van der Waals surface area contributed by atoms with E-state index in [-0.39, 0.29) is 6.61 Å². The third-order valence-corrected chi connectivity index (χ3v) is 3.01. The van der Waals surface area contributed by atoms with Gasteiger partial charge in [-0.2, -0.15) is 5.26 Å². The monoisotopic (exact) mass is 280 g/mol. The maximum atomic E-state index is 12.2. The molecule has 0 amide bonds. The van der Waals surface area contributed by atoms with Gasteiger partial charge in [0.1, 0.15) is 12.7 Å². The van der Waals surface area contributed by atoms with Crippen LogP contribution in [0.25, 0.3) is 0 Å². The number of benzene rings is 2. The topological polar surface area (TPSA) is 62.1 Å². The van der Waals surface area contributed by atoms with Crippen LogP contribution in [0.2, 0.25) is 0 Å². The van der Waals surface area contributed by atoms with Gasteiger partial charge in [0, 0.05) is 5.69 Å². The lowest BCUT2D eigenvalue weighted by molar-refractivity contribution is -0.147. The summed E-state index contributed by atoms with van der Waals surface area (Å²) in [5, 5.41) is 12.2. The van der Waals surface area contributed by atoms with Crippen molar-refractivity contribution in [3.63, 3.8) is 0 Å². The predicted molar refractivity (Wildman–Crippen MR) is 80.3 cm³/mol. The number of carbonyl (C=O) groups is 1. The van der Waals surface area contributed by atoms with E-state index in [1.807, 2.05) is 54.6 Å². The minimum atomic E-state index is -1.42. The summed E-state index contributed by atoms with van der Waals surface area (Å²) in [6.07, 6.45) is 0. The second-order valence-corrected chi connectivity index (χ2v) is 4.79. The number of rotatable bonds is 5. The first-order valence-corrected chi connectivity index (χ1v) is 6.60. The Bertz CT molecular complexity index is 635. The molecule has 0 unspecified atom stereocenters. The first-order chi connectivity index (χ1) is 10.1. The van der Waals surface area contributed by atoms with Gasteiger partial charge in [0.15, 0.2) is 0 Å². The van der Waals surface area contributed by atoms with Crippen LogP contribution in [0.15, 0.2) is 60.7 Å². The summed E-state index contributed by atoms with van der Waals surface area (Å²) >= 11 is 0. The lowest BCUT2D eigenvalue weighted by Crippen LogP contribution is -2.43. The van der Waals surface area contributed by atoms with Crippen molar-refractivity contribution < 1.29 is 9.53 Å². The quantitative estimate of drug-likeness (QED) is 0.855. The lowest BCUT2D eigenvalue weighted by Gasteiger charge is -2.22. The van der Waals surface area contributed by atoms with Gasteiger partial charge in [-0.3, -0.25) is 0 Å². The van der Waals surface area contributed by atoms with Gasteiger partial charge < -0.3 is 10.1 Å². The van der Waals surface area contributed by atoms with E-state index in [1.165, 1.54) is 6.92 Å². The summed E-state index contributed by atoms with van der Waals surface area (Å²) < 4.78 is 5.23. The molecule has 0 bridgehead atoms. The summed E-state index contributed by atoms with van der Waals surface area (Å²) in [6, 6.07) is 20.4. The highest BCUT2D eigenvalue weighted by molar-refractivity contribution is 5.87. The van der Waals surface area contributed by atoms with Crippen molar-refractivity contribution in [3.8, 4) is 6.07 Å². The molecule has 0 aliphatic carbocycles. The molecule has 2 aromatic rings. The molecule has 0 aromatic heterocycles. The van der Waals surface area contributed by atoms with Gasteiger partial charge in [-0.25, -0.2) is 4.79 Å². The maximum Gasteiger partial charge on any atom is 0.346 e. The highest BCUT2D eigenvalue weighted by Gasteiger charge is 2.35. The van der Waals surface area contributed by atoms with E-state index in [0.29, 0.717) is 5.69 Å². The van der Waals surface area contributed by atoms with E-state index in [4.69, 9.17) is 4.74 Å². The van der Waals surface area contributed by atoms with Crippen molar-refractivity contribution in [2.45, 2.75) is 19.1 Å². The van der Waals surface area contributed by atoms with Crippen LogP contribution in [0, 0.1) is 11.3 Å². The second-order valence-electron chi connectivity index (χ2n) is 4.79. The smallest absolute Gasteiger partial charge is 0.346 e. The molecule has 0 heterocycles. The molecule has 0 aliphatic heterocycles. The molecule has 0 aliphatic rings. The normalized spacial score (nSPS) is 12.8. The molecule has 0 saturated carbocycles. The molecule has 0 spiro atoms. The number of nitrogens with zero attached hydrogens (tertiary/aromatic N) is 1. The van der Waals surface area contributed by atoms with Gasteiger partial charge in [-0.1, -0.05) is 48.5 Å². The number of nitriles is 1. The Balaban J connectivity index is 2.02. The van der Waals surface area contributed by atoms with Gasteiger partial charge >= 0.3 is 5.97 Å². The van der Waals surface area contributed by atoms with E-state index in [0.717, 1.165) is 5.56 Å². The fraction of sp³-hybridized carbons (Fsp3) is 0.176. The van der Waals surface area contributed by atoms with Crippen molar-refractivity contribution in [1.82, 2.24) is 0 Å². The fourth-order valence-electron chi connectivity index (χ4n) is 1.80. The van der Waals surface area contributed by atoms with Crippen LogP contribution in [0.4, 0.5) is 5.69 Å². The highest BCUT2D eigenvalue weighted by Crippen LogP contribution is 2.16. The molecule has 106 valence electrons. The zero-order valence-corrected chi connectivity index (χ0v) is 11.7. The maximum absolute atomic E-state index is 12.2. The van der Waals surface area contributed by atoms with Crippen LogP contribution in [-0.4, -0.2) is 11.5 Å². The van der Waals surface area contributed by atoms with E-state index in [9.17, 15) is 10.1 Å². The third-order valence-electron chi connectivity index (χ3n) is 3.01. The SMILES string of the molecule is C[C@](C#N)(Nc1ccccc1)C(=O)OCc1ccccc1. The molecule has 0 saturated heterocycles. The number of nitrogens with one attached hydrogen (secondary N) is 1. The zero-order chi connectivity index (χ0) is 15.1. The average molecular weight is 280 g/mol. The van der Waals surface area contributed by atoms with E-state index < -0.39 is 11.5 Å². The summed E-state index contributed by atoms with van der Waals surface area (Å²) in [7, 11) is 0. The number of ether oxygens (including phenoxy) is 1. The second kappa shape index (κ2) is 6.58. The van der Waals surface area contributed by atoms with Gasteiger partial charge in [0.25, 0.3) is 0 Å². The minimum Gasteiger partial charge on any atom is -0.458 e. The van der Waals surface area contributed by atoms with Crippen molar-refractivity contribution in [3.05, 3.63) is 66.2 Å².